The van der Waals surface area contributed by atoms with Gasteiger partial charge in [0.05, 0.1) is 6.10 Å². The number of hydrogen-bond donors (Lipinski definition) is 2. The SMILES string of the molecule is CN[C@]12CCCC[C@H]1CC(O)c1ccccc12. The van der Waals surface area contributed by atoms with Crippen molar-refractivity contribution in [1.29, 1.82) is 0 Å². The lowest BCUT2D eigenvalue weighted by molar-refractivity contribution is 0.0495. The maximum absolute atomic E-state index is 10.3. The zero-order chi connectivity index (χ0) is 11.9. The van der Waals surface area contributed by atoms with Crippen molar-refractivity contribution in [1.82, 2.24) is 5.32 Å². The summed E-state index contributed by atoms with van der Waals surface area (Å²) in [4.78, 5) is 0. The van der Waals surface area contributed by atoms with E-state index in [2.05, 4.69) is 30.6 Å². The molecule has 0 radical (unpaired) electrons. The second-order valence-corrected chi connectivity index (χ2v) is 5.50. The summed E-state index contributed by atoms with van der Waals surface area (Å²) in [5.74, 6) is 0.589. The standard InChI is InChI=1S/C15H21NO/c1-16-15-9-5-4-6-11(15)10-14(17)12-7-2-3-8-13(12)15/h2-3,7-8,11,14,16-17H,4-6,9-10H2,1H3/t11-,14?,15+/m0/s1. The molecule has 92 valence electrons. The average Bonchev–Trinajstić information content (AvgIpc) is 2.39. The molecule has 2 aliphatic rings. The number of hydrogen-bond acceptors (Lipinski definition) is 2. The van der Waals surface area contributed by atoms with E-state index in [4.69, 9.17) is 0 Å². The first kappa shape index (κ1) is 11.2. The van der Waals surface area contributed by atoms with Gasteiger partial charge < -0.3 is 10.4 Å². The Balaban J connectivity index is 2.14. The number of aliphatic hydroxyl groups is 1. The van der Waals surface area contributed by atoms with Crippen molar-refractivity contribution in [3.63, 3.8) is 0 Å². The van der Waals surface area contributed by atoms with E-state index in [-0.39, 0.29) is 11.6 Å². The largest absolute Gasteiger partial charge is 0.388 e. The smallest absolute Gasteiger partial charge is 0.0796 e. The molecule has 2 aliphatic carbocycles. The van der Waals surface area contributed by atoms with Gasteiger partial charge in [-0.15, -0.1) is 0 Å². The van der Waals surface area contributed by atoms with Crippen LogP contribution in [-0.4, -0.2) is 12.2 Å². The summed E-state index contributed by atoms with van der Waals surface area (Å²) in [5.41, 5.74) is 2.60. The van der Waals surface area contributed by atoms with Crippen molar-refractivity contribution in [2.75, 3.05) is 7.05 Å². The van der Waals surface area contributed by atoms with Crippen molar-refractivity contribution in [2.45, 2.75) is 43.7 Å². The monoisotopic (exact) mass is 231 g/mol. The fourth-order valence-electron chi connectivity index (χ4n) is 3.97. The first-order valence-corrected chi connectivity index (χ1v) is 6.74. The van der Waals surface area contributed by atoms with E-state index in [1.165, 1.54) is 31.2 Å². The third kappa shape index (κ3) is 1.54. The minimum atomic E-state index is -0.268. The number of nitrogens with one attached hydrogen (secondary N) is 1. The van der Waals surface area contributed by atoms with E-state index in [0.29, 0.717) is 5.92 Å². The van der Waals surface area contributed by atoms with Crippen LogP contribution in [0.25, 0.3) is 0 Å². The molecule has 2 N–H and O–H groups in total. The highest BCUT2D eigenvalue weighted by molar-refractivity contribution is 5.39. The fraction of sp³-hybridized carbons (Fsp3) is 0.600. The molecule has 3 rings (SSSR count). The highest BCUT2D eigenvalue weighted by Crippen LogP contribution is 2.50. The molecular weight excluding hydrogens is 210 g/mol. The minimum absolute atomic E-state index is 0.119. The summed E-state index contributed by atoms with van der Waals surface area (Å²) in [6, 6.07) is 8.42. The van der Waals surface area contributed by atoms with Gasteiger partial charge in [-0.1, -0.05) is 37.1 Å². The van der Waals surface area contributed by atoms with Crippen LogP contribution in [0.15, 0.2) is 24.3 Å². The number of aliphatic hydroxyl groups excluding tert-OH is 1. The quantitative estimate of drug-likeness (QED) is 0.779. The lowest BCUT2D eigenvalue weighted by Crippen LogP contribution is -2.51. The van der Waals surface area contributed by atoms with E-state index < -0.39 is 0 Å². The van der Waals surface area contributed by atoms with Gasteiger partial charge in [-0.25, -0.2) is 0 Å². The number of fused-ring (bicyclic) bond motifs is 3. The maximum Gasteiger partial charge on any atom is 0.0796 e. The van der Waals surface area contributed by atoms with Crippen LogP contribution in [0.1, 0.15) is 49.3 Å². The molecule has 17 heavy (non-hydrogen) atoms. The average molecular weight is 231 g/mol. The van der Waals surface area contributed by atoms with Gasteiger partial charge in [0.15, 0.2) is 0 Å². The third-order valence-electron chi connectivity index (χ3n) is 4.82. The molecule has 2 heteroatoms. The Kier molecular flexibility index (Phi) is 2.72. The zero-order valence-electron chi connectivity index (χ0n) is 10.4. The molecule has 3 atom stereocenters. The molecule has 0 heterocycles. The van der Waals surface area contributed by atoms with Crippen molar-refractivity contribution in [3.8, 4) is 0 Å². The summed E-state index contributed by atoms with van der Waals surface area (Å²) in [7, 11) is 2.08. The second-order valence-electron chi connectivity index (χ2n) is 5.50. The molecule has 1 unspecified atom stereocenters. The maximum atomic E-state index is 10.3. The molecule has 1 aromatic rings. The predicted molar refractivity (Wildman–Crippen MR) is 68.7 cm³/mol. The molecule has 1 fully saturated rings. The highest BCUT2D eigenvalue weighted by Gasteiger charge is 2.46. The van der Waals surface area contributed by atoms with E-state index in [1.807, 2.05) is 6.07 Å². The Labute approximate surface area is 103 Å². The van der Waals surface area contributed by atoms with E-state index in [0.717, 1.165) is 12.0 Å². The summed E-state index contributed by atoms with van der Waals surface area (Å²) >= 11 is 0. The van der Waals surface area contributed by atoms with Gasteiger partial charge in [-0.05, 0) is 43.4 Å². The lowest BCUT2D eigenvalue weighted by atomic mass is 9.62. The lowest BCUT2D eigenvalue weighted by Gasteiger charge is -2.50. The Hall–Kier alpha value is -0.860. The predicted octanol–water partition coefficient (Wildman–Crippen LogP) is 2.73. The fourth-order valence-corrected chi connectivity index (χ4v) is 3.97. The van der Waals surface area contributed by atoms with E-state index in [9.17, 15) is 5.11 Å². The topological polar surface area (TPSA) is 32.3 Å². The van der Waals surface area contributed by atoms with Crippen LogP contribution in [0.5, 0.6) is 0 Å². The summed E-state index contributed by atoms with van der Waals surface area (Å²) in [5, 5.41) is 13.9. The van der Waals surface area contributed by atoms with Crippen LogP contribution in [0.4, 0.5) is 0 Å². The molecule has 1 aromatic carbocycles. The molecular formula is C15H21NO. The van der Waals surface area contributed by atoms with Gasteiger partial charge in [0, 0.05) is 5.54 Å². The van der Waals surface area contributed by atoms with Crippen molar-refractivity contribution in [2.24, 2.45) is 5.92 Å². The van der Waals surface area contributed by atoms with E-state index >= 15 is 0 Å². The van der Waals surface area contributed by atoms with Crippen molar-refractivity contribution < 1.29 is 5.11 Å². The molecule has 0 aromatic heterocycles. The minimum Gasteiger partial charge on any atom is -0.388 e. The van der Waals surface area contributed by atoms with Crippen LogP contribution in [0.2, 0.25) is 0 Å². The Morgan fingerprint density at radius 2 is 2.12 bits per heavy atom. The second kappa shape index (κ2) is 4.11. The molecule has 0 bridgehead atoms. The molecule has 0 aliphatic heterocycles. The molecule has 0 amide bonds. The number of rotatable bonds is 1. The van der Waals surface area contributed by atoms with Crippen LogP contribution >= 0.6 is 0 Å². The van der Waals surface area contributed by atoms with Crippen molar-refractivity contribution in [3.05, 3.63) is 35.4 Å². The Bertz CT molecular complexity index is 417. The van der Waals surface area contributed by atoms with Crippen LogP contribution < -0.4 is 5.32 Å². The van der Waals surface area contributed by atoms with Crippen LogP contribution in [-0.2, 0) is 5.54 Å². The third-order valence-corrected chi connectivity index (χ3v) is 4.82. The van der Waals surface area contributed by atoms with Gasteiger partial charge in [0.25, 0.3) is 0 Å². The van der Waals surface area contributed by atoms with Gasteiger partial charge in [-0.3, -0.25) is 0 Å². The van der Waals surface area contributed by atoms with Gasteiger partial charge in [-0.2, -0.15) is 0 Å². The van der Waals surface area contributed by atoms with Gasteiger partial charge in [0.1, 0.15) is 0 Å². The molecule has 0 saturated heterocycles. The van der Waals surface area contributed by atoms with Gasteiger partial charge in [0.2, 0.25) is 0 Å². The Morgan fingerprint density at radius 1 is 1.29 bits per heavy atom. The van der Waals surface area contributed by atoms with Crippen molar-refractivity contribution >= 4 is 0 Å². The van der Waals surface area contributed by atoms with E-state index in [1.54, 1.807) is 0 Å². The Morgan fingerprint density at radius 3 is 2.94 bits per heavy atom. The summed E-state index contributed by atoms with van der Waals surface area (Å²) in [6.07, 6.45) is 5.70. The molecule has 0 spiro atoms. The first-order chi connectivity index (χ1) is 8.28. The normalized spacial score (nSPS) is 36.1. The molecule has 1 saturated carbocycles. The van der Waals surface area contributed by atoms with Crippen LogP contribution in [0, 0.1) is 5.92 Å². The summed E-state index contributed by atoms with van der Waals surface area (Å²) in [6.45, 7) is 0. The first-order valence-electron chi connectivity index (χ1n) is 6.74. The zero-order valence-corrected chi connectivity index (χ0v) is 10.4. The summed E-state index contributed by atoms with van der Waals surface area (Å²) < 4.78 is 0. The van der Waals surface area contributed by atoms with Crippen LogP contribution in [0.3, 0.4) is 0 Å². The molecule has 2 nitrogen and oxygen atoms in total. The number of benzene rings is 1. The highest BCUT2D eigenvalue weighted by atomic mass is 16.3. The van der Waals surface area contributed by atoms with Gasteiger partial charge >= 0.3 is 0 Å².